The van der Waals surface area contributed by atoms with Crippen LogP contribution >= 0.6 is 0 Å². The first-order valence-electron chi connectivity index (χ1n) is 9.49. The van der Waals surface area contributed by atoms with Crippen LogP contribution in [0.5, 0.6) is 0 Å². The van der Waals surface area contributed by atoms with Crippen LogP contribution in [0.3, 0.4) is 0 Å². The maximum atomic E-state index is 5.78. The van der Waals surface area contributed by atoms with Gasteiger partial charge in [0, 0.05) is 55.2 Å². The molecular weight excluding hydrogens is 378 g/mol. The third-order valence-electron chi connectivity index (χ3n) is 4.64. The first-order valence-corrected chi connectivity index (χ1v) is 9.49. The Bertz CT molecular complexity index is 1180. The van der Waals surface area contributed by atoms with Crippen LogP contribution in [0.1, 0.15) is 11.3 Å². The highest BCUT2D eigenvalue weighted by atomic mass is 15.1. The van der Waals surface area contributed by atoms with Crippen molar-refractivity contribution in [1.29, 1.82) is 0 Å². The van der Waals surface area contributed by atoms with Gasteiger partial charge in [-0.15, -0.1) is 0 Å². The lowest BCUT2D eigenvalue weighted by Crippen LogP contribution is -2.26. The van der Waals surface area contributed by atoms with Gasteiger partial charge in [0.05, 0.1) is 23.9 Å². The third kappa shape index (κ3) is 3.91. The summed E-state index contributed by atoms with van der Waals surface area (Å²) in [5.74, 6) is 0.628. The van der Waals surface area contributed by atoms with E-state index in [4.69, 9.17) is 10.7 Å². The molecule has 152 valence electrons. The van der Waals surface area contributed by atoms with Gasteiger partial charge in [-0.3, -0.25) is 14.7 Å². The van der Waals surface area contributed by atoms with Crippen LogP contribution in [0.4, 0.5) is 11.5 Å². The largest absolute Gasteiger partial charge is 0.337 e. The standard InChI is InChI=1S/C21H23N9/c1-15(16-11-25-26-12-16)30-13-18(7-8-22)28-20(21(30)23-2)27-17-3-5-19(6-4-17)29-10-9-24-14-29/h3-6,9-14H,1,7-8,22H2,2H3,(H,25,26)(H,27,28). The predicted molar refractivity (Wildman–Crippen MR) is 116 cm³/mol. The summed E-state index contributed by atoms with van der Waals surface area (Å²) in [5.41, 5.74) is 10.8. The molecule has 0 saturated heterocycles. The number of imidazole rings is 1. The van der Waals surface area contributed by atoms with E-state index in [-0.39, 0.29) is 0 Å². The zero-order valence-electron chi connectivity index (χ0n) is 16.7. The van der Waals surface area contributed by atoms with E-state index in [1.807, 2.05) is 45.8 Å². The van der Waals surface area contributed by atoms with Crippen LogP contribution in [0.2, 0.25) is 0 Å². The van der Waals surface area contributed by atoms with Crippen molar-refractivity contribution in [3.63, 3.8) is 0 Å². The summed E-state index contributed by atoms with van der Waals surface area (Å²) in [7, 11) is 1.73. The zero-order valence-corrected chi connectivity index (χ0v) is 16.7. The summed E-state index contributed by atoms with van der Waals surface area (Å²) >= 11 is 0. The Morgan fingerprint density at radius 1 is 1.30 bits per heavy atom. The van der Waals surface area contributed by atoms with Crippen LogP contribution < -0.4 is 16.5 Å². The second kappa shape index (κ2) is 8.58. The van der Waals surface area contributed by atoms with Crippen LogP contribution in [0, 0.1) is 0 Å². The molecule has 0 fully saturated rings. The molecule has 0 amide bonds. The molecule has 0 bridgehead atoms. The van der Waals surface area contributed by atoms with E-state index >= 15 is 0 Å². The third-order valence-corrected chi connectivity index (χ3v) is 4.64. The monoisotopic (exact) mass is 401 g/mol. The van der Waals surface area contributed by atoms with Crippen LogP contribution in [0.15, 0.2) is 73.1 Å². The van der Waals surface area contributed by atoms with Gasteiger partial charge in [-0.05, 0) is 30.8 Å². The maximum absolute atomic E-state index is 5.78. The Labute approximate surface area is 173 Å². The van der Waals surface area contributed by atoms with Crippen LogP contribution in [-0.2, 0) is 6.42 Å². The quantitative estimate of drug-likeness (QED) is 0.439. The fourth-order valence-corrected chi connectivity index (χ4v) is 3.13. The number of nitrogens with one attached hydrogen (secondary N) is 2. The molecule has 3 aromatic heterocycles. The molecule has 4 aromatic rings. The number of benzene rings is 1. The lowest BCUT2D eigenvalue weighted by Gasteiger charge is -2.16. The molecule has 4 N–H and O–H groups in total. The fraction of sp³-hybridized carbons (Fsp3) is 0.143. The van der Waals surface area contributed by atoms with Gasteiger partial charge in [0.25, 0.3) is 0 Å². The van der Waals surface area contributed by atoms with E-state index in [1.165, 1.54) is 0 Å². The molecule has 0 atom stereocenters. The van der Waals surface area contributed by atoms with Crippen molar-refractivity contribution < 1.29 is 0 Å². The van der Waals surface area contributed by atoms with Crippen molar-refractivity contribution in [3.05, 3.63) is 84.9 Å². The van der Waals surface area contributed by atoms with Crippen molar-refractivity contribution in [2.75, 3.05) is 18.9 Å². The molecule has 0 aliphatic carbocycles. The molecule has 30 heavy (non-hydrogen) atoms. The smallest absolute Gasteiger partial charge is 0.175 e. The van der Waals surface area contributed by atoms with Gasteiger partial charge in [0.15, 0.2) is 11.3 Å². The molecule has 0 aliphatic rings. The van der Waals surface area contributed by atoms with Gasteiger partial charge >= 0.3 is 0 Å². The lowest BCUT2D eigenvalue weighted by molar-refractivity contribution is 0.855. The lowest BCUT2D eigenvalue weighted by atomic mass is 10.2. The van der Waals surface area contributed by atoms with Gasteiger partial charge in [0.2, 0.25) is 0 Å². The molecular formula is C21H23N9. The average Bonchev–Trinajstić information content (AvgIpc) is 3.48. The Morgan fingerprint density at radius 2 is 2.13 bits per heavy atom. The fourth-order valence-electron chi connectivity index (χ4n) is 3.13. The molecule has 9 nitrogen and oxygen atoms in total. The second-order valence-corrected chi connectivity index (χ2v) is 6.61. The highest BCUT2D eigenvalue weighted by Crippen LogP contribution is 2.18. The number of nitrogens with zero attached hydrogens (tertiary/aromatic N) is 6. The molecule has 4 rings (SSSR count). The van der Waals surface area contributed by atoms with E-state index in [1.54, 1.807) is 32.0 Å². The number of anilines is 2. The van der Waals surface area contributed by atoms with E-state index in [0.29, 0.717) is 24.3 Å². The SMILES string of the molecule is C=C(c1cn[nH]c1)n1cc(CCN)nc(Nc2ccc(-n3ccnc3)cc2)c1=NC. The number of H-pyrrole nitrogens is 1. The topological polar surface area (TPSA) is 115 Å². The number of hydrogen-bond donors (Lipinski definition) is 3. The van der Waals surface area contributed by atoms with Crippen molar-refractivity contribution in [2.45, 2.75) is 6.42 Å². The van der Waals surface area contributed by atoms with Gasteiger partial charge in [0.1, 0.15) is 0 Å². The average molecular weight is 401 g/mol. The first kappa shape index (κ1) is 19.3. The van der Waals surface area contributed by atoms with Crippen molar-refractivity contribution in [2.24, 2.45) is 10.7 Å². The molecule has 0 unspecified atom stereocenters. The molecule has 0 aliphatic heterocycles. The highest BCUT2D eigenvalue weighted by Gasteiger charge is 2.11. The molecule has 3 heterocycles. The van der Waals surface area contributed by atoms with Gasteiger partial charge in [-0.25, -0.2) is 9.97 Å². The summed E-state index contributed by atoms with van der Waals surface area (Å²) in [6.45, 7) is 4.71. The van der Waals surface area contributed by atoms with E-state index in [2.05, 4.69) is 32.1 Å². The van der Waals surface area contributed by atoms with E-state index < -0.39 is 0 Å². The second-order valence-electron chi connectivity index (χ2n) is 6.61. The van der Waals surface area contributed by atoms with Crippen LogP contribution in [0.25, 0.3) is 11.4 Å². The Morgan fingerprint density at radius 3 is 2.77 bits per heavy atom. The van der Waals surface area contributed by atoms with Crippen molar-refractivity contribution in [1.82, 2.24) is 29.3 Å². The summed E-state index contributed by atoms with van der Waals surface area (Å²) in [6.07, 6.45) is 11.5. The summed E-state index contributed by atoms with van der Waals surface area (Å²) < 4.78 is 3.85. The van der Waals surface area contributed by atoms with Gasteiger partial charge in [-0.2, -0.15) is 5.10 Å². The minimum Gasteiger partial charge on any atom is -0.337 e. The number of rotatable bonds is 7. The number of aromatic nitrogens is 6. The highest BCUT2D eigenvalue weighted by molar-refractivity contribution is 5.64. The van der Waals surface area contributed by atoms with Crippen LogP contribution in [-0.4, -0.2) is 42.9 Å². The molecule has 0 radical (unpaired) electrons. The Kier molecular flexibility index (Phi) is 5.53. The predicted octanol–water partition coefficient (Wildman–Crippen LogP) is 2.09. The molecule has 0 saturated carbocycles. The van der Waals surface area contributed by atoms with E-state index in [0.717, 1.165) is 28.3 Å². The Hall–Kier alpha value is -3.98. The number of aromatic amines is 1. The Balaban J connectivity index is 1.72. The van der Waals surface area contributed by atoms with Gasteiger partial charge < -0.3 is 15.6 Å². The minimum atomic E-state index is 0.493. The number of hydrogen-bond acceptors (Lipinski definition) is 6. The first-order chi connectivity index (χ1) is 14.7. The minimum absolute atomic E-state index is 0.493. The maximum Gasteiger partial charge on any atom is 0.175 e. The zero-order chi connectivity index (χ0) is 20.9. The molecule has 9 heteroatoms. The summed E-state index contributed by atoms with van der Waals surface area (Å²) in [4.78, 5) is 13.3. The van der Waals surface area contributed by atoms with Gasteiger partial charge in [-0.1, -0.05) is 6.58 Å². The summed E-state index contributed by atoms with van der Waals surface area (Å²) in [6, 6.07) is 7.99. The van der Waals surface area contributed by atoms with Crippen molar-refractivity contribution in [3.8, 4) is 5.69 Å². The molecule has 1 aromatic carbocycles. The number of nitrogens with two attached hydrogens (primary N) is 1. The normalized spacial score (nSPS) is 11.6. The van der Waals surface area contributed by atoms with E-state index in [9.17, 15) is 0 Å². The van der Waals surface area contributed by atoms with Crippen molar-refractivity contribution >= 4 is 17.2 Å². The molecule has 0 spiro atoms. The summed E-state index contributed by atoms with van der Waals surface area (Å²) in [5, 5.41) is 10.2.